The van der Waals surface area contributed by atoms with Crippen LogP contribution in [0.5, 0.6) is 0 Å². The topological polar surface area (TPSA) is 111 Å². The van der Waals surface area contributed by atoms with Crippen molar-refractivity contribution in [3.8, 4) is 0 Å². The summed E-state index contributed by atoms with van der Waals surface area (Å²) in [5.74, 6) is 1.43. The summed E-state index contributed by atoms with van der Waals surface area (Å²) in [6.45, 7) is 4.53. The van der Waals surface area contributed by atoms with Crippen LogP contribution in [0.1, 0.15) is 21.8 Å². The fraction of sp³-hybridized carbons (Fsp3) is 0.333. The fourth-order valence-electron chi connectivity index (χ4n) is 3.33. The molecule has 0 aliphatic carbocycles. The van der Waals surface area contributed by atoms with Gasteiger partial charge in [0.05, 0.1) is 16.9 Å². The summed E-state index contributed by atoms with van der Waals surface area (Å²) in [4.78, 5) is 47.8. The van der Waals surface area contributed by atoms with Crippen LogP contribution in [0.2, 0.25) is 0 Å². The maximum atomic E-state index is 12.3. The average Bonchev–Trinajstić information content (AvgIpc) is 3.34. The Balaban J connectivity index is 0.000000588. The molecule has 8 nitrogen and oxygen atoms in total. The number of para-hydroxylation sites is 1. The number of benzene rings is 1. The number of hydrogen-bond acceptors (Lipinski definition) is 6. The third-order valence-electron chi connectivity index (χ3n) is 5.16. The van der Waals surface area contributed by atoms with Crippen molar-refractivity contribution in [3.63, 3.8) is 0 Å². The highest BCUT2D eigenvalue weighted by molar-refractivity contribution is 7.99. The van der Waals surface area contributed by atoms with Crippen LogP contribution in [0.15, 0.2) is 35.3 Å². The minimum absolute atomic E-state index is 0.0129. The minimum atomic E-state index is -0.101. The Morgan fingerprint density at radius 2 is 2.00 bits per heavy atom. The summed E-state index contributed by atoms with van der Waals surface area (Å²) < 4.78 is 0. The monoisotopic (exact) mass is 499 g/mol. The summed E-state index contributed by atoms with van der Waals surface area (Å²) in [5, 5.41) is 4.83. The van der Waals surface area contributed by atoms with E-state index in [1.54, 1.807) is 14.1 Å². The Hall–Kier alpha value is -3.11. The second-order valence-electron chi connectivity index (χ2n) is 8.00. The van der Waals surface area contributed by atoms with Gasteiger partial charge in [-0.25, -0.2) is 4.98 Å². The first-order chi connectivity index (χ1) is 16.3. The van der Waals surface area contributed by atoms with Crippen LogP contribution in [-0.2, 0) is 21.8 Å². The molecule has 2 amide bonds. The Morgan fingerprint density at radius 3 is 2.74 bits per heavy atom. The average molecular weight is 500 g/mol. The molecule has 1 aromatic carbocycles. The summed E-state index contributed by atoms with van der Waals surface area (Å²) in [7, 11) is 3.38. The maximum Gasteiger partial charge on any atom is 0.259 e. The number of thioether (sulfide) groups is 1. The molecule has 3 heterocycles. The van der Waals surface area contributed by atoms with Crippen LogP contribution in [0, 0.1) is 13.8 Å². The SMILES string of the molecule is CN(C)C=O.Cc1sc2nc(CSCC(=O)NCCc3c[nH]c4ccccc34)[nH]c(=O)c2c1C. The van der Waals surface area contributed by atoms with Crippen molar-refractivity contribution in [2.24, 2.45) is 0 Å². The number of aromatic nitrogens is 3. The molecule has 0 atom stereocenters. The zero-order chi connectivity index (χ0) is 24.7. The first-order valence-corrected chi connectivity index (χ1v) is 12.8. The standard InChI is InChI=1S/C21H22N4O2S2.C3H7NO/c1-12-13(2)29-21-19(12)20(27)24-17(25-21)10-28-11-18(26)22-8-7-14-9-23-16-6-4-3-5-15(14)16;1-4(2)3-5/h3-6,9,23H,7-8,10-11H2,1-2H3,(H,22,26)(H,24,25,27);3H,1-2H3. The van der Waals surface area contributed by atoms with Gasteiger partial charge in [-0.1, -0.05) is 18.2 Å². The molecule has 4 rings (SSSR count). The van der Waals surface area contributed by atoms with Crippen LogP contribution >= 0.6 is 23.1 Å². The molecule has 0 spiro atoms. The molecular weight excluding hydrogens is 470 g/mol. The van der Waals surface area contributed by atoms with Crippen LogP contribution in [0.25, 0.3) is 21.1 Å². The first-order valence-electron chi connectivity index (χ1n) is 10.8. The lowest BCUT2D eigenvalue weighted by Gasteiger charge is -2.05. The number of carbonyl (C=O) groups excluding carboxylic acids is 2. The summed E-state index contributed by atoms with van der Waals surface area (Å²) in [6.07, 6.45) is 3.53. The van der Waals surface area contributed by atoms with Gasteiger partial charge in [-0.15, -0.1) is 23.1 Å². The zero-order valence-corrected chi connectivity index (χ0v) is 21.4. The molecule has 10 heteroatoms. The number of fused-ring (bicyclic) bond motifs is 2. The molecular formula is C24H29N5O3S2. The third kappa shape index (κ3) is 6.48. The van der Waals surface area contributed by atoms with Gasteiger partial charge in [0.2, 0.25) is 12.3 Å². The second kappa shape index (κ2) is 11.8. The van der Waals surface area contributed by atoms with E-state index in [-0.39, 0.29) is 11.5 Å². The van der Waals surface area contributed by atoms with Gasteiger partial charge in [0.25, 0.3) is 5.56 Å². The lowest BCUT2D eigenvalue weighted by Crippen LogP contribution is -2.27. The molecule has 0 bridgehead atoms. The first kappa shape index (κ1) is 25.5. The molecule has 0 aliphatic rings. The van der Waals surface area contributed by atoms with Gasteiger partial charge in [-0.2, -0.15) is 0 Å². The van der Waals surface area contributed by atoms with E-state index in [0.717, 1.165) is 33.6 Å². The predicted octanol–water partition coefficient (Wildman–Crippen LogP) is 3.38. The number of amides is 2. The second-order valence-corrected chi connectivity index (χ2v) is 10.2. The Kier molecular flexibility index (Phi) is 8.89. The van der Waals surface area contributed by atoms with Gasteiger partial charge in [-0.3, -0.25) is 14.4 Å². The van der Waals surface area contributed by atoms with E-state index in [9.17, 15) is 14.4 Å². The van der Waals surface area contributed by atoms with Gasteiger partial charge in [-0.05, 0) is 37.5 Å². The molecule has 3 N–H and O–H groups in total. The minimum Gasteiger partial charge on any atom is -0.361 e. The summed E-state index contributed by atoms with van der Waals surface area (Å²) >= 11 is 2.98. The summed E-state index contributed by atoms with van der Waals surface area (Å²) in [5.41, 5.74) is 3.20. The maximum absolute atomic E-state index is 12.3. The molecule has 0 radical (unpaired) electrons. The van der Waals surface area contributed by atoms with E-state index < -0.39 is 0 Å². The van der Waals surface area contributed by atoms with Gasteiger partial charge in [0, 0.05) is 42.6 Å². The van der Waals surface area contributed by atoms with Crippen molar-refractivity contribution in [3.05, 3.63) is 62.6 Å². The number of nitrogens with one attached hydrogen (secondary N) is 3. The number of carbonyl (C=O) groups is 2. The molecule has 34 heavy (non-hydrogen) atoms. The third-order valence-corrected chi connectivity index (χ3v) is 7.21. The highest BCUT2D eigenvalue weighted by Crippen LogP contribution is 2.26. The van der Waals surface area contributed by atoms with Crippen molar-refractivity contribution in [1.82, 2.24) is 25.2 Å². The van der Waals surface area contributed by atoms with Gasteiger partial charge >= 0.3 is 0 Å². The number of nitrogens with zero attached hydrogens (tertiary/aromatic N) is 2. The smallest absolute Gasteiger partial charge is 0.259 e. The number of hydrogen-bond donors (Lipinski definition) is 3. The molecule has 3 aromatic heterocycles. The van der Waals surface area contributed by atoms with E-state index >= 15 is 0 Å². The molecule has 0 fully saturated rings. The van der Waals surface area contributed by atoms with E-state index in [1.807, 2.05) is 38.2 Å². The van der Waals surface area contributed by atoms with Crippen LogP contribution < -0.4 is 10.9 Å². The van der Waals surface area contributed by atoms with Crippen molar-refractivity contribution in [1.29, 1.82) is 0 Å². The van der Waals surface area contributed by atoms with Gasteiger partial charge < -0.3 is 20.2 Å². The van der Waals surface area contributed by atoms with E-state index in [2.05, 4.69) is 26.3 Å². The molecule has 180 valence electrons. The highest BCUT2D eigenvalue weighted by atomic mass is 32.2. The number of rotatable bonds is 8. The van der Waals surface area contributed by atoms with E-state index in [1.165, 1.54) is 38.9 Å². The zero-order valence-electron chi connectivity index (χ0n) is 19.7. The summed E-state index contributed by atoms with van der Waals surface area (Å²) in [6, 6.07) is 8.15. The highest BCUT2D eigenvalue weighted by Gasteiger charge is 2.12. The molecule has 0 saturated heterocycles. The van der Waals surface area contributed by atoms with Crippen LogP contribution in [0.3, 0.4) is 0 Å². The van der Waals surface area contributed by atoms with E-state index in [0.29, 0.717) is 29.3 Å². The Labute approximate surface area is 206 Å². The quantitative estimate of drug-likeness (QED) is 0.322. The molecule has 0 saturated carbocycles. The van der Waals surface area contributed by atoms with Gasteiger partial charge in [0.1, 0.15) is 10.7 Å². The van der Waals surface area contributed by atoms with Crippen molar-refractivity contribution in [2.75, 3.05) is 26.4 Å². The molecule has 4 aromatic rings. The lowest BCUT2D eigenvalue weighted by atomic mass is 10.1. The molecule has 0 unspecified atom stereocenters. The predicted molar refractivity (Wildman–Crippen MR) is 141 cm³/mol. The molecule has 0 aliphatic heterocycles. The lowest BCUT2D eigenvalue weighted by molar-refractivity contribution is -0.118. The number of aryl methyl sites for hydroxylation is 2. The number of aromatic amines is 2. The fourth-order valence-corrected chi connectivity index (χ4v) is 5.10. The Bertz CT molecular complexity index is 1340. The largest absolute Gasteiger partial charge is 0.361 e. The van der Waals surface area contributed by atoms with E-state index in [4.69, 9.17) is 0 Å². The van der Waals surface area contributed by atoms with Crippen LogP contribution in [-0.4, -0.2) is 58.6 Å². The number of H-pyrrole nitrogens is 2. The van der Waals surface area contributed by atoms with Crippen molar-refractivity contribution >= 4 is 56.5 Å². The van der Waals surface area contributed by atoms with Gasteiger partial charge in [0.15, 0.2) is 0 Å². The van der Waals surface area contributed by atoms with Crippen molar-refractivity contribution < 1.29 is 9.59 Å². The van der Waals surface area contributed by atoms with Crippen molar-refractivity contribution in [2.45, 2.75) is 26.0 Å². The van der Waals surface area contributed by atoms with Crippen LogP contribution in [0.4, 0.5) is 0 Å². The Morgan fingerprint density at radius 1 is 1.26 bits per heavy atom. The normalized spacial score (nSPS) is 10.7. The number of thiophene rings is 1.